The first-order valence-corrected chi connectivity index (χ1v) is 7.20. The highest BCUT2D eigenvalue weighted by molar-refractivity contribution is 7.89. The molecule has 1 atom stereocenters. The standard InChI is InChI=1S/C14H15NO2S/c1-12(13-8-4-2-5-9-13)15-18(16,17)14-10-6-3-7-11-14/h2-12,15H,1H3. The van der Waals surface area contributed by atoms with Gasteiger partial charge in [-0.1, -0.05) is 48.5 Å². The largest absolute Gasteiger partial charge is 0.241 e. The van der Waals surface area contributed by atoms with Crippen molar-refractivity contribution < 1.29 is 8.42 Å². The predicted molar refractivity (Wildman–Crippen MR) is 71.6 cm³/mol. The van der Waals surface area contributed by atoms with E-state index in [-0.39, 0.29) is 10.9 Å². The summed E-state index contributed by atoms with van der Waals surface area (Å²) in [7, 11) is -3.46. The molecule has 1 unspecified atom stereocenters. The molecule has 4 heteroatoms. The van der Waals surface area contributed by atoms with E-state index >= 15 is 0 Å². The van der Waals surface area contributed by atoms with E-state index in [1.807, 2.05) is 37.3 Å². The van der Waals surface area contributed by atoms with Gasteiger partial charge in [0.05, 0.1) is 4.90 Å². The van der Waals surface area contributed by atoms with Gasteiger partial charge in [0.15, 0.2) is 0 Å². The molecule has 0 aliphatic rings. The van der Waals surface area contributed by atoms with Crippen LogP contribution >= 0.6 is 0 Å². The van der Waals surface area contributed by atoms with E-state index in [4.69, 9.17) is 0 Å². The summed E-state index contributed by atoms with van der Waals surface area (Å²) in [4.78, 5) is 0.285. The zero-order chi connectivity index (χ0) is 13.0. The van der Waals surface area contributed by atoms with Gasteiger partial charge >= 0.3 is 0 Å². The fourth-order valence-corrected chi connectivity index (χ4v) is 2.96. The minimum absolute atomic E-state index is 0.253. The molecule has 2 rings (SSSR count). The van der Waals surface area contributed by atoms with Crippen molar-refractivity contribution >= 4 is 10.0 Å². The molecule has 0 spiro atoms. The SMILES string of the molecule is CC(NS(=O)(=O)c1ccccc1)c1ccccc1. The maximum absolute atomic E-state index is 12.1. The van der Waals surface area contributed by atoms with Crippen LogP contribution in [0.2, 0.25) is 0 Å². The fraction of sp³-hybridized carbons (Fsp3) is 0.143. The van der Waals surface area contributed by atoms with E-state index in [9.17, 15) is 8.42 Å². The van der Waals surface area contributed by atoms with Crippen LogP contribution in [0.15, 0.2) is 65.6 Å². The average Bonchev–Trinajstić information content (AvgIpc) is 2.40. The van der Waals surface area contributed by atoms with Crippen LogP contribution in [-0.2, 0) is 10.0 Å². The van der Waals surface area contributed by atoms with Crippen LogP contribution in [0.5, 0.6) is 0 Å². The first-order valence-electron chi connectivity index (χ1n) is 5.72. The van der Waals surface area contributed by atoms with Crippen LogP contribution in [0.4, 0.5) is 0 Å². The predicted octanol–water partition coefficient (Wildman–Crippen LogP) is 2.73. The summed E-state index contributed by atoms with van der Waals surface area (Å²) in [5, 5.41) is 0. The van der Waals surface area contributed by atoms with Gasteiger partial charge in [-0.3, -0.25) is 0 Å². The van der Waals surface area contributed by atoms with Gasteiger partial charge in [0, 0.05) is 6.04 Å². The summed E-state index contributed by atoms with van der Waals surface area (Å²) in [6.45, 7) is 1.83. The summed E-state index contributed by atoms with van der Waals surface area (Å²) < 4.78 is 26.9. The Morgan fingerprint density at radius 1 is 0.889 bits per heavy atom. The van der Waals surface area contributed by atoms with Crippen molar-refractivity contribution in [3.05, 3.63) is 66.2 Å². The summed E-state index contributed by atoms with van der Waals surface area (Å²) in [5.41, 5.74) is 0.942. The highest BCUT2D eigenvalue weighted by atomic mass is 32.2. The molecule has 2 aromatic carbocycles. The van der Waals surface area contributed by atoms with E-state index in [0.717, 1.165) is 5.56 Å². The quantitative estimate of drug-likeness (QED) is 0.919. The third-order valence-corrected chi connectivity index (χ3v) is 4.24. The molecule has 0 bridgehead atoms. The summed E-state index contributed by atoms with van der Waals surface area (Å²) in [6.07, 6.45) is 0. The molecule has 94 valence electrons. The Kier molecular flexibility index (Phi) is 3.79. The maximum atomic E-state index is 12.1. The lowest BCUT2D eigenvalue weighted by molar-refractivity contribution is 0.567. The van der Waals surface area contributed by atoms with E-state index in [1.54, 1.807) is 30.3 Å². The first-order chi connectivity index (χ1) is 8.59. The van der Waals surface area contributed by atoms with Gasteiger partial charge in [-0.25, -0.2) is 13.1 Å². The third kappa shape index (κ3) is 2.97. The number of rotatable bonds is 4. The topological polar surface area (TPSA) is 46.2 Å². The van der Waals surface area contributed by atoms with Crippen molar-refractivity contribution in [3.63, 3.8) is 0 Å². The van der Waals surface area contributed by atoms with Gasteiger partial charge in [-0.2, -0.15) is 0 Å². The lowest BCUT2D eigenvalue weighted by atomic mass is 10.1. The Labute approximate surface area is 108 Å². The van der Waals surface area contributed by atoms with Gasteiger partial charge in [-0.15, -0.1) is 0 Å². The van der Waals surface area contributed by atoms with Crippen LogP contribution in [0.3, 0.4) is 0 Å². The monoisotopic (exact) mass is 261 g/mol. The van der Waals surface area contributed by atoms with Crippen molar-refractivity contribution in [3.8, 4) is 0 Å². The molecule has 0 amide bonds. The number of nitrogens with one attached hydrogen (secondary N) is 1. The van der Waals surface area contributed by atoms with Crippen molar-refractivity contribution in [1.82, 2.24) is 4.72 Å². The van der Waals surface area contributed by atoms with Crippen LogP contribution in [0.1, 0.15) is 18.5 Å². The molecule has 3 nitrogen and oxygen atoms in total. The lowest BCUT2D eigenvalue weighted by Gasteiger charge is -2.14. The molecule has 0 aliphatic carbocycles. The lowest BCUT2D eigenvalue weighted by Crippen LogP contribution is -2.26. The molecule has 18 heavy (non-hydrogen) atoms. The zero-order valence-corrected chi connectivity index (χ0v) is 10.9. The summed E-state index contributed by atoms with van der Waals surface area (Å²) >= 11 is 0. The van der Waals surface area contributed by atoms with Crippen molar-refractivity contribution in [1.29, 1.82) is 0 Å². The van der Waals surface area contributed by atoms with Crippen LogP contribution in [-0.4, -0.2) is 8.42 Å². The molecule has 2 aromatic rings. The van der Waals surface area contributed by atoms with E-state index in [0.29, 0.717) is 0 Å². The fourth-order valence-electron chi connectivity index (χ4n) is 1.71. The van der Waals surface area contributed by atoms with Gasteiger partial charge in [0.2, 0.25) is 10.0 Å². The van der Waals surface area contributed by atoms with Crippen LogP contribution < -0.4 is 4.72 Å². The summed E-state index contributed by atoms with van der Waals surface area (Å²) in [5.74, 6) is 0. The van der Waals surface area contributed by atoms with Crippen molar-refractivity contribution in [2.24, 2.45) is 0 Å². The molecule has 0 aliphatic heterocycles. The number of hydrogen-bond donors (Lipinski definition) is 1. The van der Waals surface area contributed by atoms with Gasteiger partial charge in [0.1, 0.15) is 0 Å². The smallest absolute Gasteiger partial charge is 0.207 e. The molecule has 0 saturated carbocycles. The molecule has 0 aromatic heterocycles. The molecule has 0 heterocycles. The average molecular weight is 261 g/mol. The molecule has 0 saturated heterocycles. The number of hydrogen-bond acceptors (Lipinski definition) is 2. The Hall–Kier alpha value is -1.65. The van der Waals surface area contributed by atoms with Crippen LogP contribution in [0, 0.1) is 0 Å². The van der Waals surface area contributed by atoms with Gasteiger partial charge in [-0.05, 0) is 24.6 Å². The normalized spacial score (nSPS) is 13.2. The Bertz CT molecular complexity index is 594. The second-order valence-corrected chi connectivity index (χ2v) is 5.78. The Balaban J connectivity index is 2.20. The third-order valence-electron chi connectivity index (χ3n) is 2.69. The van der Waals surface area contributed by atoms with E-state index in [2.05, 4.69) is 4.72 Å². The second kappa shape index (κ2) is 5.33. The summed E-state index contributed by atoms with van der Waals surface area (Å²) in [6, 6.07) is 17.6. The Morgan fingerprint density at radius 2 is 1.39 bits per heavy atom. The second-order valence-electron chi connectivity index (χ2n) is 4.07. The highest BCUT2D eigenvalue weighted by Crippen LogP contribution is 2.16. The number of benzene rings is 2. The van der Waals surface area contributed by atoms with Crippen molar-refractivity contribution in [2.45, 2.75) is 17.9 Å². The first kappa shape index (κ1) is 12.8. The van der Waals surface area contributed by atoms with Crippen molar-refractivity contribution in [2.75, 3.05) is 0 Å². The van der Waals surface area contributed by atoms with Gasteiger partial charge in [0.25, 0.3) is 0 Å². The van der Waals surface area contributed by atoms with Crippen LogP contribution in [0.25, 0.3) is 0 Å². The van der Waals surface area contributed by atoms with Gasteiger partial charge < -0.3 is 0 Å². The molecule has 0 radical (unpaired) electrons. The minimum Gasteiger partial charge on any atom is -0.207 e. The molecular weight excluding hydrogens is 246 g/mol. The highest BCUT2D eigenvalue weighted by Gasteiger charge is 2.17. The zero-order valence-electron chi connectivity index (χ0n) is 10.1. The number of sulfonamides is 1. The molecule has 0 fully saturated rings. The molecular formula is C14H15NO2S. The minimum atomic E-state index is -3.46. The van der Waals surface area contributed by atoms with E-state index in [1.165, 1.54) is 0 Å². The van der Waals surface area contributed by atoms with E-state index < -0.39 is 10.0 Å². The Morgan fingerprint density at radius 3 is 1.94 bits per heavy atom. The molecule has 1 N–H and O–H groups in total. The maximum Gasteiger partial charge on any atom is 0.241 e.